The molecule has 2 aliphatic rings. The standard InChI is InChI=1S/C23H31N5O/c1-19-16-21(28-10-4-5-11-28)7-8-22(19)25-23(29)18-27-14-12-26(13-15-27)17-20-6-2-3-9-24-20/h2-3,6-9,16H,4-5,10-15,17-18H2,1H3,(H,25,29). The number of hydrogen-bond acceptors (Lipinski definition) is 5. The molecule has 0 aliphatic carbocycles. The third-order valence-corrected chi connectivity index (χ3v) is 5.90. The van der Waals surface area contributed by atoms with Crippen molar-refractivity contribution in [3.05, 3.63) is 53.9 Å². The Morgan fingerprint density at radius 1 is 1.00 bits per heavy atom. The third-order valence-electron chi connectivity index (χ3n) is 5.90. The number of rotatable bonds is 6. The summed E-state index contributed by atoms with van der Waals surface area (Å²) in [4.78, 5) is 24.0. The number of anilines is 2. The van der Waals surface area contributed by atoms with Crippen LogP contribution in [0.25, 0.3) is 0 Å². The van der Waals surface area contributed by atoms with Crippen molar-refractivity contribution in [2.24, 2.45) is 0 Å². The number of carbonyl (C=O) groups is 1. The number of aryl methyl sites for hydroxylation is 1. The molecule has 2 aliphatic heterocycles. The lowest BCUT2D eigenvalue weighted by molar-refractivity contribution is -0.117. The van der Waals surface area contributed by atoms with Crippen LogP contribution in [0.1, 0.15) is 24.1 Å². The fourth-order valence-corrected chi connectivity index (χ4v) is 4.18. The van der Waals surface area contributed by atoms with E-state index in [0.29, 0.717) is 6.54 Å². The second-order valence-electron chi connectivity index (χ2n) is 8.11. The molecule has 0 unspecified atom stereocenters. The monoisotopic (exact) mass is 393 g/mol. The SMILES string of the molecule is Cc1cc(N2CCCC2)ccc1NC(=O)CN1CCN(Cc2ccccn2)CC1. The molecule has 1 aromatic carbocycles. The highest BCUT2D eigenvalue weighted by atomic mass is 16.2. The molecule has 2 fully saturated rings. The van der Waals surface area contributed by atoms with Gasteiger partial charge in [-0.3, -0.25) is 19.6 Å². The Hall–Kier alpha value is -2.44. The Kier molecular flexibility index (Phi) is 6.42. The maximum atomic E-state index is 12.6. The maximum absolute atomic E-state index is 12.6. The molecule has 6 heteroatoms. The van der Waals surface area contributed by atoms with E-state index in [9.17, 15) is 4.79 Å². The van der Waals surface area contributed by atoms with Crippen molar-refractivity contribution in [1.82, 2.24) is 14.8 Å². The summed E-state index contributed by atoms with van der Waals surface area (Å²) in [5.74, 6) is 0.0696. The lowest BCUT2D eigenvalue weighted by Crippen LogP contribution is -2.48. The zero-order valence-electron chi connectivity index (χ0n) is 17.3. The molecule has 2 saturated heterocycles. The number of amides is 1. The number of hydrogen-bond donors (Lipinski definition) is 1. The minimum Gasteiger partial charge on any atom is -0.372 e. The quantitative estimate of drug-likeness (QED) is 0.818. The van der Waals surface area contributed by atoms with E-state index in [2.05, 4.69) is 50.1 Å². The predicted octanol–water partition coefficient (Wildman–Crippen LogP) is 2.75. The Morgan fingerprint density at radius 2 is 1.76 bits per heavy atom. The highest BCUT2D eigenvalue weighted by Crippen LogP contribution is 2.25. The van der Waals surface area contributed by atoms with Crippen LogP contribution in [0.5, 0.6) is 0 Å². The predicted molar refractivity (Wildman–Crippen MR) is 117 cm³/mol. The van der Waals surface area contributed by atoms with E-state index in [1.54, 1.807) is 0 Å². The number of pyridine rings is 1. The van der Waals surface area contributed by atoms with Crippen LogP contribution in [0, 0.1) is 6.92 Å². The lowest BCUT2D eigenvalue weighted by Gasteiger charge is -2.34. The van der Waals surface area contributed by atoms with Crippen LogP contribution in [0.15, 0.2) is 42.6 Å². The zero-order valence-corrected chi connectivity index (χ0v) is 17.3. The van der Waals surface area contributed by atoms with Gasteiger partial charge in [0.05, 0.1) is 12.2 Å². The second kappa shape index (κ2) is 9.37. The molecule has 0 atom stereocenters. The van der Waals surface area contributed by atoms with Gasteiger partial charge >= 0.3 is 0 Å². The van der Waals surface area contributed by atoms with Crippen molar-refractivity contribution < 1.29 is 4.79 Å². The number of nitrogens with zero attached hydrogens (tertiary/aromatic N) is 4. The number of nitrogens with one attached hydrogen (secondary N) is 1. The summed E-state index contributed by atoms with van der Waals surface area (Å²) in [5.41, 5.74) is 4.42. The van der Waals surface area contributed by atoms with Crippen LogP contribution in [-0.4, -0.2) is 66.5 Å². The van der Waals surface area contributed by atoms with E-state index in [4.69, 9.17) is 0 Å². The van der Waals surface area contributed by atoms with Gasteiger partial charge in [-0.05, 0) is 55.7 Å². The fraction of sp³-hybridized carbons (Fsp3) is 0.478. The van der Waals surface area contributed by atoms with Crippen LogP contribution >= 0.6 is 0 Å². The minimum absolute atomic E-state index is 0.0696. The summed E-state index contributed by atoms with van der Waals surface area (Å²) in [6, 6.07) is 12.4. The lowest BCUT2D eigenvalue weighted by atomic mass is 10.1. The topological polar surface area (TPSA) is 51.7 Å². The van der Waals surface area contributed by atoms with Gasteiger partial charge in [-0.15, -0.1) is 0 Å². The Morgan fingerprint density at radius 3 is 2.45 bits per heavy atom. The van der Waals surface area contributed by atoms with Crippen molar-refractivity contribution in [2.45, 2.75) is 26.3 Å². The highest BCUT2D eigenvalue weighted by Gasteiger charge is 2.20. The van der Waals surface area contributed by atoms with Crippen LogP contribution in [0.3, 0.4) is 0 Å². The molecule has 1 aromatic heterocycles. The molecule has 3 heterocycles. The van der Waals surface area contributed by atoms with Gasteiger partial charge in [-0.1, -0.05) is 6.07 Å². The Labute approximate surface area is 173 Å². The number of aromatic nitrogens is 1. The molecule has 0 radical (unpaired) electrons. The van der Waals surface area contributed by atoms with Crippen LogP contribution in [0.2, 0.25) is 0 Å². The zero-order chi connectivity index (χ0) is 20.1. The van der Waals surface area contributed by atoms with E-state index in [0.717, 1.165) is 62.8 Å². The van der Waals surface area contributed by atoms with E-state index in [1.807, 2.05) is 24.4 Å². The largest absolute Gasteiger partial charge is 0.372 e. The van der Waals surface area contributed by atoms with E-state index in [-0.39, 0.29) is 5.91 Å². The second-order valence-corrected chi connectivity index (χ2v) is 8.11. The molecule has 29 heavy (non-hydrogen) atoms. The summed E-state index contributed by atoms with van der Waals surface area (Å²) < 4.78 is 0. The maximum Gasteiger partial charge on any atom is 0.238 e. The average Bonchev–Trinajstić information content (AvgIpc) is 3.27. The number of carbonyl (C=O) groups excluding carboxylic acids is 1. The summed E-state index contributed by atoms with van der Waals surface area (Å²) in [7, 11) is 0. The Bertz CT molecular complexity index is 811. The molecule has 2 aromatic rings. The molecular formula is C23H31N5O. The molecule has 1 amide bonds. The molecule has 1 N–H and O–H groups in total. The minimum atomic E-state index is 0.0696. The molecule has 4 rings (SSSR count). The van der Waals surface area contributed by atoms with Crippen molar-refractivity contribution in [3.63, 3.8) is 0 Å². The first-order valence-electron chi connectivity index (χ1n) is 10.7. The smallest absolute Gasteiger partial charge is 0.238 e. The van der Waals surface area contributed by atoms with Crippen molar-refractivity contribution in [1.29, 1.82) is 0 Å². The first-order chi connectivity index (χ1) is 14.2. The van der Waals surface area contributed by atoms with Crippen molar-refractivity contribution in [3.8, 4) is 0 Å². The van der Waals surface area contributed by atoms with Crippen LogP contribution in [0.4, 0.5) is 11.4 Å². The third kappa shape index (κ3) is 5.34. The summed E-state index contributed by atoms with van der Waals surface area (Å²) in [5, 5.41) is 3.10. The van der Waals surface area contributed by atoms with Crippen molar-refractivity contribution in [2.75, 3.05) is 56.0 Å². The van der Waals surface area contributed by atoms with Gasteiger partial charge in [-0.25, -0.2) is 0 Å². The summed E-state index contributed by atoms with van der Waals surface area (Å²) in [6.07, 6.45) is 4.38. The van der Waals surface area contributed by atoms with E-state index < -0.39 is 0 Å². The van der Waals surface area contributed by atoms with Gasteiger partial charge in [-0.2, -0.15) is 0 Å². The molecular weight excluding hydrogens is 362 g/mol. The summed E-state index contributed by atoms with van der Waals surface area (Å²) >= 11 is 0. The normalized spacial score (nSPS) is 18.2. The number of piperazine rings is 1. The van der Waals surface area contributed by atoms with Crippen LogP contribution in [-0.2, 0) is 11.3 Å². The highest BCUT2D eigenvalue weighted by molar-refractivity contribution is 5.93. The average molecular weight is 394 g/mol. The molecule has 6 nitrogen and oxygen atoms in total. The molecule has 0 bridgehead atoms. The first kappa shape index (κ1) is 19.9. The molecule has 0 saturated carbocycles. The van der Waals surface area contributed by atoms with E-state index in [1.165, 1.54) is 18.5 Å². The van der Waals surface area contributed by atoms with Crippen molar-refractivity contribution >= 4 is 17.3 Å². The number of benzene rings is 1. The van der Waals surface area contributed by atoms with Gasteiger partial charge in [0.1, 0.15) is 0 Å². The fourth-order valence-electron chi connectivity index (χ4n) is 4.18. The van der Waals surface area contributed by atoms with Gasteiger partial charge in [0.15, 0.2) is 0 Å². The van der Waals surface area contributed by atoms with Gasteiger partial charge < -0.3 is 10.2 Å². The molecule has 0 spiro atoms. The van der Waals surface area contributed by atoms with Gasteiger partial charge in [0.2, 0.25) is 5.91 Å². The van der Waals surface area contributed by atoms with E-state index >= 15 is 0 Å². The summed E-state index contributed by atoms with van der Waals surface area (Å²) in [6.45, 7) is 9.43. The van der Waals surface area contributed by atoms with Gasteiger partial charge in [0, 0.05) is 63.4 Å². The Balaban J connectivity index is 1.24. The first-order valence-corrected chi connectivity index (χ1v) is 10.7. The molecule has 154 valence electrons. The van der Waals surface area contributed by atoms with Crippen LogP contribution < -0.4 is 10.2 Å². The van der Waals surface area contributed by atoms with Gasteiger partial charge in [0.25, 0.3) is 0 Å².